The highest BCUT2D eigenvalue weighted by Gasteiger charge is 2.35. The first-order chi connectivity index (χ1) is 9.15. The smallest absolute Gasteiger partial charge is 0.262 e. The molecule has 1 aliphatic rings. The number of carbonyl (C=O) groups is 3. The minimum atomic E-state index is -0.397. The van der Waals surface area contributed by atoms with Crippen molar-refractivity contribution in [3.8, 4) is 0 Å². The van der Waals surface area contributed by atoms with Gasteiger partial charge in [0, 0.05) is 6.54 Å². The number of nitrogens with zero attached hydrogens (tertiary/aromatic N) is 1. The number of rotatable bonds is 5. The van der Waals surface area contributed by atoms with Gasteiger partial charge in [-0.25, -0.2) is 0 Å². The number of hydrogen-bond donors (Lipinski definition) is 1. The molecule has 0 spiro atoms. The van der Waals surface area contributed by atoms with E-state index in [1.165, 1.54) is 0 Å². The van der Waals surface area contributed by atoms with E-state index >= 15 is 0 Å². The van der Waals surface area contributed by atoms with Gasteiger partial charge < -0.3 is 5.32 Å². The summed E-state index contributed by atoms with van der Waals surface area (Å²) in [4.78, 5) is 36.6. The van der Waals surface area contributed by atoms with E-state index in [9.17, 15) is 14.4 Å². The van der Waals surface area contributed by atoms with Crippen LogP contribution in [0.2, 0.25) is 0 Å². The maximum Gasteiger partial charge on any atom is 0.262 e. The standard InChI is InChI=1S/C14H16N2O3/c1-2-3-8-15-12(17)9-16-13(18)10-6-4-5-7-11(10)14(16)19/h4-7H,2-3,8-9H2,1H3,(H,15,17). The van der Waals surface area contributed by atoms with Crippen molar-refractivity contribution < 1.29 is 14.4 Å². The lowest BCUT2D eigenvalue weighted by Crippen LogP contribution is -2.40. The Balaban J connectivity index is 2.02. The summed E-state index contributed by atoms with van der Waals surface area (Å²) >= 11 is 0. The van der Waals surface area contributed by atoms with Crippen LogP contribution in [0.5, 0.6) is 0 Å². The molecular weight excluding hydrogens is 244 g/mol. The third-order valence-electron chi connectivity index (χ3n) is 3.03. The molecule has 0 saturated carbocycles. The summed E-state index contributed by atoms with van der Waals surface area (Å²) < 4.78 is 0. The van der Waals surface area contributed by atoms with E-state index in [1.54, 1.807) is 24.3 Å². The number of imide groups is 1. The summed E-state index contributed by atoms with van der Waals surface area (Å²) in [6, 6.07) is 6.61. The Bertz CT molecular complexity index is 490. The minimum Gasteiger partial charge on any atom is -0.355 e. The van der Waals surface area contributed by atoms with Crippen LogP contribution in [0.25, 0.3) is 0 Å². The SMILES string of the molecule is CCCCNC(=O)CN1C(=O)c2ccccc2C1=O. The number of hydrogen-bond acceptors (Lipinski definition) is 3. The van der Waals surface area contributed by atoms with Crippen LogP contribution in [0.4, 0.5) is 0 Å². The van der Waals surface area contributed by atoms with E-state index in [0.29, 0.717) is 17.7 Å². The highest BCUT2D eigenvalue weighted by Crippen LogP contribution is 2.21. The Morgan fingerprint density at radius 1 is 1.16 bits per heavy atom. The Kier molecular flexibility index (Phi) is 3.94. The Morgan fingerprint density at radius 2 is 1.74 bits per heavy atom. The first kappa shape index (κ1) is 13.3. The highest BCUT2D eigenvalue weighted by molar-refractivity contribution is 6.22. The Labute approximate surface area is 111 Å². The first-order valence-electron chi connectivity index (χ1n) is 6.37. The van der Waals surface area contributed by atoms with E-state index in [-0.39, 0.29) is 12.5 Å². The molecule has 0 unspecified atom stereocenters. The van der Waals surface area contributed by atoms with Gasteiger partial charge >= 0.3 is 0 Å². The van der Waals surface area contributed by atoms with Crippen molar-refractivity contribution in [3.63, 3.8) is 0 Å². The molecule has 0 radical (unpaired) electrons. The van der Waals surface area contributed by atoms with Gasteiger partial charge in [-0.3, -0.25) is 19.3 Å². The monoisotopic (exact) mass is 260 g/mol. The van der Waals surface area contributed by atoms with Crippen LogP contribution in [-0.2, 0) is 4.79 Å². The van der Waals surface area contributed by atoms with Crippen molar-refractivity contribution in [2.75, 3.05) is 13.1 Å². The molecule has 0 aliphatic carbocycles. The van der Waals surface area contributed by atoms with Crippen molar-refractivity contribution in [2.24, 2.45) is 0 Å². The van der Waals surface area contributed by atoms with Gasteiger partial charge in [0.05, 0.1) is 11.1 Å². The van der Waals surface area contributed by atoms with Crippen LogP contribution in [0.15, 0.2) is 24.3 Å². The molecule has 0 aromatic heterocycles. The maximum atomic E-state index is 12.0. The molecule has 5 heteroatoms. The largest absolute Gasteiger partial charge is 0.355 e. The van der Waals surface area contributed by atoms with E-state index in [0.717, 1.165) is 17.7 Å². The Hall–Kier alpha value is -2.17. The average Bonchev–Trinajstić information content (AvgIpc) is 2.65. The molecule has 3 amide bonds. The molecular formula is C14H16N2O3. The first-order valence-corrected chi connectivity index (χ1v) is 6.37. The molecule has 0 saturated heterocycles. The lowest BCUT2D eigenvalue weighted by Gasteiger charge is -2.13. The van der Waals surface area contributed by atoms with Gasteiger partial charge in [0.25, 0.3) is 11.8 Å². The van der Waals surface area contributed by atoms with Gasteiger partial charge in [0.1, 0.15) is 6.54 Å². The van der Waals surface area contributed by atoms with Gasteiger partial charge in [-0.15, -0.1) is 0 Å². The topological polar surface area (TPSA) is 66.5 Å². The molecule has 100 valence electrons. The minimum absolute atomic E-state index is 0.212. The third kappa shape index (κ3) is 2.65. The second kappa shape index (κ2) is 5.65. The number of amides is 3. The fourth-order valence-corrected chi connectivity index (χ4v) is 1.99. The second-order valence-electron chi connectivity index (χ2n) is 4.45. The summed E-state index contributed by atoms with van der Waals surface area (Å²) in [5.74, 6) is -1.10. The van der Waals surface area contributed by atoms with Gasteiger partial charge in [-0.05, 0) is 18.6 Å². The molecule has 1 aliphatic heterocycles. The lowest BCUT2D eigenvalue weighted by molar-refractivity contribution is -0.121. The van der Waals surface area contributed by atoms with Crippen LogP contribution < -0.4 is 5.32 Å². The fourth-order valence-electron chi connectivity index (χ4n) is 1.99. The summed E-state index contributed by atoms with van der Waals surface area (Å²) in [6.45, 7) is 2.38. The lowest BCUT2D eigenvalue weighted by atomic mass is 10.1. The highest BCUT2D eigenvalue weighted by atomic mass is 16.2. The molecule has 1 aromatic rings. The van der Waals surface area contributed by atoms with Gasteiger partial charge in [-0.2, -0.15) is 0 Å². The van der Waals surface area contributed by atoms with Crippen LogP contribution in [0.3, 0.4) is 0 Å². The quantitative estimate of drug-likeness (QED) is 0.639. The van der Waals surface area contributed by atoms with Crippen LogP contribution >= 0.6 is 0 Å². The summed E-state index contributed by atoms with van der Waals surface area (Å²) in [5, 5.41) is 2.69. The van der Waals surface area contributed by atoms with E-state index < -0.39 is 11.8 Å². The number of nitrogens with one attached hydrogen (secondary N) is 1. The number of benzene rings is 1. The number of fused-ring (bicyclic) bond motifs is 1. The normalized spacial score (nSPS) is 13.6. The second-order valence-corrected chi connectivity index (χ2v) is 4.45. The molecule has 0 atom stereocenters. The molecule has 1 heterocycles. The zero-order valence-electron chi connectivity index (χ0n) is 10.8. The predicted octanol–water partition coefficient (Wildman–Crippen LogP) is 1.20. The van der Waals surface area contributed by atoms with Crippen LogP contribution in [0, 0.1) is 0 Å². The fraction of sp³-hybridized carbons (Fsp3) is 0.357. The van der Waals surface area contributed by atoms with E-state index in [2.05, 4.69) is 5.32 Å². The summed E-state index contributed by atoms with van der Waals surface area (Å²) in [6.07, 6.45) is 1.86. The number of carbonyl (C=O) groups excluding carboxylic acids is 3. The van der Waals surface area contributed by atoms with Crippen LogP contribution in [0.1, 0.15) is 40.5 Å². The summed E-state index contributed by atoms with van der Waals surface area (Å²) in [5.41, 5.74) is 0.739. The molecule has 19 heavy (non-hydrogen) atoms. The molecule has 0 fully saturated rings. The average molecular weight is 260 g/mol. The van der Waals surface area contributed by atoms with Crippen molar-refractivity contribution in [3.05, 3.63) is 35.4 Å². The molecule has 1 aromatic carbocycles. The molecule has 5 nitrogen and oxygen atoms in total. The van der Waals surface area contributed by atoms with Gasteiger partial charge in [0.15, 0.2) is 0 Å². The third-order valence-corrected chi connectivity index (χ3v) is 3.03. The summed E-state index contributed by atoms with van der Waals surface area (Å²) in [7, 11) is 0. The molecule has 1 N–H and O–H groups in total. The molecule has 2 rings (SSSR count). The van der Waals surface area contributed by atoms with Crippen molar-refractivity contribution >= 4 is 17.7 Å². The van der Waals surface area contributed by atoms with Gasteiger partial charge in [-0.1, -0.05) is 25.5 Å². The van der Waals surface area contributed by atoms with E-state index in [1.807, 2.05) is 6.92 Å². The predicted molar refractivity (Wildman–Crippen MR) is 69.7 cm³/mol. The molecule has 0 bridgehead atoms. The van der Waals surface area contributed by atoms with Gasteiger partial charge in [0.2, 0.25) is 5.91 Å². The van der Waals surface area contributed by atoms with Crippen molar-refractivity contribution in [1.29, 1.82) is 0 Å². The van der Waals surface area contributed by atoms with E-state index in [4.69, 9.17) is 0 Å². The van der Waals surface area contributed by atoms with Crippen molar-refractivity contribution in [2.45, 2.75) is 19.8 Å². The zero-order valence-corrected chi connectivity index (χ0v) is 10.8. The van der Waals surface area contributed by atoms with Crippen molar-refractivity contribution in [1.82, 2.24) is 10.2 Å². The number of unbranched alkanes of at least 4 members (excludes halogenated alkanes) is 1. The zero-order chi connectivity index (χ0) is 13.8. The van der Waals surface area contributed by atoms with Crippen LogP contribution in [-0.4, -0.2) is 35.7 Å². The maximum absolute atomic E-state index is 12.0. The Morgan fingerprint density at radius 3 is 2.26 bits per heavy atom.